The zero-order valence-corrected chi connectivity index (χ0v) is 14.6. The van der Waals surface area contributed by atoms with E-state index in [2.05, 4.69) is 10.4 Å². The van der Waals surface area contributed by atoms with Gasteiger partial charge in [-0.2, -0.15) is 5.10 Å². The fraction of sp³-hybridized carbons (Fsp3) is 0.188. The first-order chi connectivity index (χ1) is 11.5. The van der Waals surface area contributed by atoms with Crippen molar-refractivity contribution in [3.8, 4) is 0 Å². The maximum atomic E-state index is 12.2. The van der Waals surface area contributed by atoms with Gasteiger partial charge in [0, 0.05) is 28.5 Å². The van der Waals surface area contributed by atoms with E-state index in [1.54, 1.807) is 29.1 Å². The molecule has 2 heterocycles. The van der Waals surface area contributed by atoms with Gasteiger partial charge in [0.25, 0.3) is 5.91 Å². The van der Waals surface area contributed by atoms with Crippen molar-refractivity contribution < 1.29 is 14.3 Å². The minimum absolute atomic E-state index is 0.245. The van der Waals surface area contributed by atoms with Gasteiger partial charge in [0.1, 0.15) is 4.88 Å². The number of fused-ring (bicyclic) bond motifs is 1. The first-order valence-corrected chi connectivity index (χ1v) is 8.37. The molecule has 2 aromatic heterocycles. The Balaban J connectivity index is 1.88. The van der Waals surface area contributed by atoms with Crippen LogP contribution >= 0.6 is 22.9 Å². The van der Waals surface area contributed by atoms with Crippen LogP contribution in [0.4, 0.5) is 5.69 Å². The average molecular weight is 364 g/mol. The summed E-state index contributed by atoms with van der Waals surface area (Å²) in [6.45, 7) is 2.64. The van der Waals surface area contributed by atoms with Gasteiger partial charge in [-0.3, -0.25) is 9.48 Å². The van der Waals surface area contributed by atoms with E-state index in [-0.39, 0.29) is 5.91 Å². The molecule has 0 bridgehead atoms. The first-order valence-electron chi connectivity index (χ1n) is 7.17. The summed E-state index contributed by atoms with van der Waals surface area (Å²) < 4.78 is 7.19. The van der Waals surface area contributed by atoms with E-state index in [0.717, 1.165) is 10.1 Å². The van der Waals surface area contributed by atoms with Crippen molar-refractivity contribution in [2.24, 2.45) is 0 Å². The van der Waals surface area contributed by atoms with Crippen LogP contribution in [-0.4, -0.2) is 28.8 Å². The number of aromatic nitrogens is 2. The van der Waals surface area contributed by atoms with Crippen molar-refractivity contribution >= 4 is 50.6 Å². The minimum atomic E-state index is -0.473. The fourth-order valence-corrected chi connectivity index (χ4v) is 3.69. The molecule has 1 amide bonds. The Kier molecular flexibility index (Phi) is 4.55. The Morgan fingerprint density at radius 1 is 1.42 bits per heavy atom. The molecule has 0 unspecified atom stereocenters. The Labute approximate surface area is 147 Å². The summed E-state index contributed by atoms with van der Waals surface area (Å²) in [6, 6.07) is 5.29. The summed E-state index contributed by atoms with van der Waals surface area (Å²) in [6.07, 6.45) is 3.21. The summed E-state index contributed by atoms with van der Waals surface area (Å²) in [7, 11) is 1.31. The fourth-order valence-electron chi connectivity index (χ4n) is 2.22. The van der Waals surface area contributed by atoms with Gasteiger partial charge in [-0.1, -0.05) is 11.6 Å². The molecule has 0 aliphatic heterocycles. The number of nitrogens with one attached hydrogen (secondary N) is 1. The molecule has 1 aromatic carbocycles. The topological polar surface area (TPSA) is 73.2 Å². The lowest BCUT2D eigenvalue weighted by molar-refractivity contribution is 0.0606. The molecule has 0 fully saturated rings. The van der Waals surface area contributed by atoms with Crippen molar-refractivity contribution in [3.05, 3.63) is 46.1 Å². The Hall–Kier alpha value is -2.38. The van der Waals surface area contributed by atoms with Crippen LogP contribution in [0.5, 0.6) is 0 Å². The summed E-state index contributed by atoms with van der Waals surface area (Å²) in [5.41, 5.74) is 1.10. The predicted octanol–water partition coefficient (Wildman–Crippen LogP) is 3.81. The maximum absolute atomic E-state index is 12.2. The number of methoxy groups -OCH3 is 1. The van der Waals surface area contributed by atoms with Gasteiger partial charge in [-0.05, 0) is 25.1 Å². The van der Waals surface area contributed by atoms with E-state index in [0.29, 0.717) is 27.7 Å². The van der Waals surface area contributed by atoms with Crippen LogP contribution in [-0.2, 0) is 11.3 Å². The second-order valence-electron chi connectivity index (χ2n) is 4.99. The number of amides is 1. The summed E-state index contributed by atoms with van der Waals surface area (Å²) in [5, 5.41) is 8.01. The van der Waals surface area contributed by atoms with Crippen LogP contribution in [0.15, 0.2) is 30.6 Å². The molecule has 0 atom stereocenters. The average Bonchev–Trinajstić information content (AvgIpc) is 3.19. The monoisotopic (exact) mass is 363 g/mol. The lowest BCUT2D eigenvalue weighted by atomic mass is 10.2. The van der Waals surface area contributed by atoms with Crippen LogP contribution in [0, 0.1) is 0 Å². The Morgan fingerprint density at radius 3 is 2.88 bits per heavy atom. The highest BCUT2D eigenvalue weighted by Gasteiger charge is 2.18. The van der Waals surface area contributed by atoms with Gasteiger partial charge < -0.3 is 10.1 Å². The van der Waals surface area contributed by atoms with E-state index in [1.807, 2.05) is 6.92 Å². The molecule has 1 N–H and O–H groups in total. The highest BCUT2D eigenvalue weighted by molar-refractivity contribution is 7.21. The van der Waals surface area contributed by atoms with E-state index in [9.17, 15) is 9.59 Å². The number of nitrogens with zero attached hydrogens (tertiary/aromatic N) is 2. The third-order valence-electron chi connectivity index (χ3n) is 3.48. The SMILES string of the molecule is CCn1cc(C(=O)Nc2ccc3c(Cl)c(C(=O)OC)sc3c2)cn1. The van der Waals surface area contributed by atoms with Crippen LogP contribution in [0.3, 0.4) is 0 Å². The minimum Gasteiger partial charge on any atom is -0.465 e. The molecule has 124 valence electrons. The lowest BCUT2D eigenvalue weighted by Crippen LogP contribution is -2.10. The molecule has 6 nitrogen and oxygen atoms in total. The maximum Gasteiger partial charge on any atom is 0.349 e. The smallest absolute Gasteiger partial charge is 0.349 e. The van der Waals surface area contributed by atoms with Gasteiger partial charge in [-0.25, -0.2) is 4.79 Å². The number of benzene rings is 1. The third-order valence-corrected chi connectivity index (χ3v) is 5.11. The van der Waals surface area contributed by atoms with Crippen LogP contribution in [0.25, 0.3) is 10.1 Å². The number of thiophene rings is 1. The van der Waals surface area contributed by atoms with E-state index in [1.165, 1.54) is 24.6 Å². The molecule has 3 rings (SSSR count). The van der Waals surface area contributed by atoms with E-state index >= 15 is 0 Å². The molecule has 0 aliphatic carbocycles. The van der Waals surface area contributed by atoms with Crippen molar-refractivity contribution in [2.75, 3.05) is 12.4 Å². The van der Waals surface area contributed by atoms with Crippen LogP contribution in [0.2, 0.25) is 5.02 Å². The number of carbonyl (C=O) groups excluding carboxylic acids is 2. The zero-order chi connectivity index (χ0) is 17.3. The van der Waals surface area contributed by atoms with Crippen molar-refractivity contribution in [1.82, 2.24) is 9.78 Å². The van der Waals surface area contributed by atoms with Gasteiger partial charge in [0.05, 0.1) is 23.9 Å². The number of carbonyl (C=O) groups is 2. The number of esters is 1. The molecule has 8 heteroatoms. The largest absolute Gasteiger partial charge is 0.465 e. The molecular formula is C16H14ClN3O3S. The van der Waals surface area contributed by atoms with Gasteiger partial charge in [-0.15, -0.1) is 11.3 Å². The van der Waals surface area contributed by atoms with Gasteiger partial charge >= 0.3 is 5.97 Å². The quantitative estimate of drug-likeness (QED) is 0.715. The van der Waals surface area contributed by atoms with E-state index < -0.39 is 5.97 Å². The van der Waals surface area contributed by atoms with Gasteiger partial charge in [0.2, 0.25) is 0 Å². The lowest BCUT2D eigenvalue weighted by Gasteiger charge is -2.03. The van der Waals surface area contributed by atoms with Crippen molar-refractivity contribution in [3.63, 3.8) is 0 Å². The molecule has 0 saturated heterocycles. The summed E-state index contributed by atoms with van der Waals surface area (Å²) in [4.78, 5) is 24.3. The number of halogens is 1. The van der Waals surface area contributed by atoms with Gasteiger partial charge in [0.15, 0.2) is 0 Å². The number of ether oxygens (including phenoxy) is 1. The van der Waals surface area contributed by atoms with Crippen molar-refractivity contribution in [2.45, 2.75) is 13.5 Å². The second-order valence-corrected chi connectivity index (χ2v) is 6.42. The standard InChI is InChI=1S/C16H14ClN3O3S/c1-3-20-8-9(7-18-20)15(21)19-10-4-5-11-12(6-10)24-14(13(11)17)16(22)23-2/h4-8H,3H2,1-2H3,(H,19,21). The number of hydrogen-bond donors (Lipinski definition) is 1. The van der Waals surface area contributed by atoms with Crippen molar-refractivity contribution in [1.29, 1.82) is 0 Å². The molecule has 24 heavy (non-hydrogen) atoms. The number of aryl methyl sites for hydroxylation is 1. The second kappa shape index (κ2) is 6.62. The zero-order valence-electron chi connectivity index (χ0n) is 13.0. The summed E-state index contributed by atoms with van der Waals surface area (Å²) >= 11 is 7.44. The van der Waals surface area contributed by atoms with E-state index in [4.69, 9.17) is 16.3 Å². The summed E-state index contributed by atoms with van der Waals surface area (Å²) in [5.74, 6) is -0.719. The number of anilines is 1. The molecule has 0 spiro atoms. The molecule has 0 aliphatic rings. The molecular weight excluding hydrogens is 350 g/mol. The molecule has 0 saturated carbocycles. The Bertz CT molecular complexity index is 932. The normalized spacial score (nSPS) is 10.8. The molecule has 0 radical (unpaired) electrons. The number of hydrogen-bond acceptors (Lipinski definition) is 5. The number of rotatable bonds is 4. The highest BCUT2D eigenvalue weighted by atomic mass is 35.5. The first kappa shape index (κ1) is 16.5. The third kappa shape index (κ3) is 3.00. The predicted molar refractivity (Wildman–Crippen MR) is 94.0 cm³/mol. The molecule has 3 aromatic rings. The Morgan fingerprint density at radius 2 is 2.21 bits per heavy atom. The van der Waals surface area contributed by atoms with Crippen LogP contribution in [0.1, 0.15) is 27.0 Å². The van der Waals surface area contributed by atoms with Crippen LogP contribution < -0.4 is 5.32 Å². The highest BCUT2D eigenvalue weighted by Crippen LogP contribution is 2.37.